The second-order valence-electron chi connectivity index (χ2n) is 4.44. The number of nitrogens with zero attached hydrogens (tertiary/aromatic N) is 1. The summed E-state index contributed by atoms with van der Waals surface area (Å²) < 4.78 is 13.0. The lowest BCUT2D eigenvalue weighted by molar-refractivity contribution is 0.102. The third kappa shape index (κ3) is 3.19. The number of anilines is 1. The molecule has 19 heavy (non-hydrogen) atoms. The Labute approximate surface area is 111 Å². The van der Waals surface area contributed by atoms with Crippen LogP contribution < -0.4 is 5.32 Å². The fourth-order valence-corrected chi connectivity index (χ4v) is 1.89. The standard InChI is InChI=1S/C14H16FN3O/c1-3-4-11-8-13(18-17-11)16-14(19)12-6-5-10(15)7-9(12)2/h5-8H,3-4H2,1-2H3,(H2,16,17,18,19). The Morgan fingerprint density at radius 3 is 2.89 bits per heavy atom. The van der Waals surface area contributed by atoms with Gasteiger partial charge in [0, 0.05) is 17.3 Å². The molecule has 0 atom stereocenters. The van der Waals surface area contributed by atoms with E-state index in [1.165, 1.54) is 18.2 Å². The van der Waals surface area contributed by atoms with Gasteiger partial charge in [-0.2, -0.15) is 5.10 Å². The number of rotatable bonds is 4. The van der Waals surface area contributed by atoms with Crippen LogP contribution in [0.15, 0.2) is 24.3 Å². The molecule has 0 fully saturated rings. The third-order valence-electron chi connectivity index (χ3n) is 2.82. The van der Waals surface area contributed by atoms with Crippen LogP contribution >= 0.6 is 0 Å². The molecule has 0 aliphatic rings. The maximum atomic E-state index is 13.0. The summed E-state index contributed by atoms with van der Waals surface area (Å²) in [6, 6.07) is 5.89. The van der Waals surface area contributed by atoms with E-state index in [4.69, 9.17) is 0 Å². The molecule has 1 heterocycles. The smallest absolute Gasteiger partial charge is 0.257 e. The van der Waals surface area contributed by atoms with Gasteiger partial charge in [-0.1, -0.05) is 13.3 Å². The number of carbonyl (C=O) groups excluding carboxylic acids is 1. The Morgan fingerprint density at radius 2 is 2.21 bits per heavy atom. The van der Waals surface area contributed by atoms with Crippen LogP contribution in [0.25, 0.3) is 0 Å². The fraction of sp³-hybridized carbons (Fsp3) is 0.286. The Bertz CT molecular complexity index is 592. The average Bonchev–Trinajstić information content (AvgIpc) is 2.76. The molecule has 0 bridgehead atoms. The molecular weight excluding hydrogens is 245 g/mol. The highest BCUT2D eigenvalue weighted by molar-refractivity contribution is 6.04. The maximum Gasteiger partial charge on any atom is 0.257 e. The van der Waals surface area contributed by atoms with Crippen molar-refractivity contribution >= 4 is 11.7 Å². The van der Waals surface area contributed by atoms with Crippen molar-refractivity contribution in [2.45, 2.75) is 26.7 Å². The first-order chi connectivity index (χ1) is 9.10. The summed E-state index contributed by atoms with van der Waals surface area (Å²) in [5.41, 5.74) is 2.02. The molecule has 1 aromatic carbocycles. The Kier molecular flexibility index (Phi) is 3.94. The predicted molar refractivity (Wildman–Crippen MR) is 71.7 cm³/mol. The number of aromatic nitrogens is 2. The van der Waals surface area contributed by atoms with E-state index >= 15 is 0 Å². The number of nitrogens with one attached hydrogen (secondary N) is 2. The molecule has 0 saturated carbocycles. The number of carbonyl (C=O) groups is 1. The summed E-state index contributed by atoms with van der Waals surface area (Å²) in [5, 5.41) is 9.57. The second kappa shape index (κ2) is 5.65. The molecule has 5 heteroatoms. The number of hydrogen-bond acceptors (Lipinski definition) is 2. The van der Waals surface area contributed by atoms with E-state index in [0.29, 0.717) is 16.9 Å². The van der Waals surface area contributed by atoms with Crippen molar-refractivity contribution < 1.29 is 9.18 Å². The summed E-state index contributed by atoms with van der Waals surface area (Å²) >= 11 is 0. The van der Waals surface area contributed by atoms with E-state index in [1.54, 1.807) is 13.0 Å². The lowest BCUT2D eigenvalue weighted by Gasteiger charge is -2.05. The Hall–Kier alpha value is -2.17. The second-order valence-corrected chi connectivity index (χ2v) is 4.44. The Morgan fingerprint density at radius 1 is 1.42 bits per heavy atom. The van der Waals surface area contributed by atoms with Crippen molar-refractivity contribution in [2.75, 3.05) is 5.32 Å². The lowest BCUT2D eigenvalue weighted by Crippen LogP contribution is -2.13. The fourth-order valence-electron chi connectivity index (χ4n) is 1.89. The molecule has 0 saturated heterocycles. The van der Waals surface area contributed by atoms with E-state index in [0.717, 1.165) is 18.5 Å². The molecule has 0 spiro atoms. The molecule has 2 aromatic rings. The highest BCUT2D eigenvalue weighted by atomic mass is 19.1. The third-order valence-corrected chi connectivity index (χ3v) is 2.82. The minimum atomic E-state index is -0.348. The molecule has 100 valence electrons. The molecular formula is C14H16FN3O. The zero-order valence-electron chi connectivity index (χ0n) is 11.0. The number of H-pyrrole nitrogens is 1. The van der Waals surface area contributed by atoms with Crippen LogP contribution in [0.3, 0.4) is 0 Å². The van der Waals surface area contributed by atoms with E-state index in [-0.39, 0.29) is 11.7 Å². The van der Waals surface area contributed by atoms with Gasteiger partial charge in [-0.3, -0.25) is 9.89 Å². The van der Waals surface area contributed by atoms with E-state index in [2.05, 4.69) is 22.4 Å². The van der Waals surface area contributed by atoms with Crippen LogP contribution in [0.4, 0.5) is 10.2 Å². The van der Waals surface area contributed by atoms with Crippen LogP contribution in [-0.4, -0.2) is 16.1 Å². The lowest BCUT2D eigenvalue weighted by atomic mass is 10.1. The van der Waals surface area contributed by atoms with Gasteiger partial charge in [0.05, 0.1) is 0 Å². The summed E-state index contributed by atoms with van der Waals surface area (Å²) in [7, 11) is 0. The number of hydrogen-bond donors (Lipinski definition) is 2. The van der Waals surface area contributed by atoms with Crippen molar-refractivity contribution in [1.82, 2.24) is 10.2 Å². The van der Waals surface area contributed by atoms with Crippen molar-refractivity contribution in [3.8, 4) is 0 Å². The van der Waals surface area contributed by atoms with E-state index in [1.807, 2.05) is 0 Å². The molecule has 0 radical (unpaired) electrons. The SMILES string of the molecule is CCCc1cc(NC(=O)c2ccc(F)cc2C)n[nH]1. The van der Waals surface area contributed by atoms with Crippen LogP contribution in [-0.2, 0) is 6.42 Å². The normalized spacial score (nSPS) is 10.5. The first kappa shape index (κ1) is 13.3. The first-order valence-electron chi connectivity index (χ1n) is 6.22. The van der Waals surface area contributed by atoms with Crippen molar-refractivity contribution in [1.29, 1.82) is 0 Å². The summed E-state index contributed by atoms with van der Waals surface area (Å²) in [6.07, 6.45) is 1.89. The van der Waals surface area contributed by atoms with E-state index < -0.39 is 0 Å². The van der Waals surface area contributed by atoms with Gasteiger partial charge in [0.1, 0.15) is 5.82 Å². The number of aromatic amines is 1. The van der Waals surface area contributed by atoms with Gasteiger partial charge in [-0.25, -0.2) is 4.39 Å². The monoisotopic (exact) mass is 261 g/mol. The largest absolute Gasteiger partial charge is 0.305 e. The minimum Gasteiger partial charge on any atom is -0.305 e. The molecule has 2 rings (SSSR count). The van der Waals surface area contributed by atoms with Crippen molar-refractivity contribution in [3.05, 3.63) is 46.9 Å². The van der Waals surface area contributed by atoms with Gasteiger partial charge in [-0.05, 0) is 37.1 Å². The highest BCUT2D eigenvalue weighted by Gasteiger charge is 2.11. The van der Waals surface area contributed by atoms with Gasteiger partial charge >= 0.3 is 0 Å². The van der Waals surface area contributed by atoms with Crippen LogP contribution in [0.2, 0.25) is 0 Å². The molecule has 0 aliphatic heterocycles. The summed E-state index contributed by atoms with van der Waals surface area (Å²) in [6.45, 7) is 3.77. The predicted octanol–water partition coefficient (Wildman–Crippen LogP) is 3.06. The summed E-state index contributed by atoms with van der Waals surface area (Å²) in [4.78, 5) is 12.0. The van der Waals surface area contributed by atoms with Gasteiger partial charge in [-0.15, -0.1) is 0 Å². The van der Waals surface area contributed by atoms with Crippen molar-refractivity contribution in [3.63, 3.8) is 0 Å². The zero-order valence-corrected chi connectivity index (χ0v) is 11.0. The highest BCUT2D eigenvalue weighted by Crippen LogP contribution is 2.13. The maximum absolute atomic E-state index is 13.0. The molecule has 1 amide bonds. The first-order valence-corrected chi connectivity index (χ1v) is 6.22. The van der Waals surface area contributed by atoms with Crippen LogP contribution in [0, 0.1) is 12.7 Å². The van der Waals surface area contributed by atoms with Gasteiger partial charge < -0.3 is 5.32 Å². The number of benzene rings is 1. The number of aryl methyl sites for hydroxylation is 2. The molecule has 0 unspecified atom stereocenters. The molecule has 2 N–H and O–H groups in total. The Balaban J connectivity index is 2.11. The minimum absolute atomic E-state index is 0.285. The van der Waals surface area contributed by atoms with Crippen LogP contribution in [0.1, 0.15) is 35.0 Å². The topological polar surface area (TPSA) is 57.8 Å². The van der Waals surface area contributed by atoms with Gasteiger partial charge in [0.25, 0.3) is 5.91 Å². The number of halogens is 1. The molecule has 1 aromatic heterocycles. The van der Waals surface area contributed by atoms with E-state index in [9.17, 15) is 9.18 Å². The zero-order chi connectivity index (χ0) is 13.8. The number of amides is 1. The average molecular weight is 261 g/mol. The quantitative estimate of drug-likeness (QED) is 0.888. The van der Waals surface area contributed by atoms with Gasteiger partial charge in [0.15, 0.2) is 5.82 Å². The van der Waals surface area contributed by atoms with Crippen molar-refractivity contribution in [2.24, 2.45) is 0 Å². The molecule has 4 nitrogen and oxygen atoms in total. The molecule has 0 aliphatic carbocycles. The van der Waals surface area contributed by atoms with Gasteiger partial charge in [0.2, 0.25) is 0 Å². The summed E-state index contributed by atoms with van der Waals surface area (Å²) in [5.74, 6) is -0.150. The van der Waals surface area contributed by atoms with Crippen LogP contribution in [0.5, 0.6) is 0 Å².